The fourth-order valence-corrected chi connectivity index (χ4v) is 3.43. The Hall–Kier alpha value is -4.66. The van der Waals surface area contributed by atoms with Gasteiger partial charge in [-0.1, -0.05) is 18.2 Å². The van der Waals surface area contributed by atoms with Crippen molar-refractivity contribution in [3.8, 4) is 34.3 Å². The maximum atomic E-state index is 5.36. The number of nitrogens with one attached hydrogen (secondary N) is 1. The summed E-state index contributed by atoms with van der Waals surface area (Å²) in [5, 5.41) is 1.06. The first-order valence-electron chi connectivity index (χ1n) is 10.1. The zero-order chi connectivity index (χ0) is 22.6. The standard InChI is InChI=1S/C24H19N7O2/c1-32-22-8-7-15(23(31-22)33-2)12-28-24-29-20(16-10-25-14-26-11-16)9-21(30-24)18-13-27-19-6-4-3-5-17(18)19/h3-14,27H,1-2H3/b28-12+. The van der Waals surface area contributed by atoms with Gasteiger partial charge in [0.15, 0.2) is 0 Å². The molecule has 0 amide bonds. The minimum Gasteiger partial charge on any atom is -0.481 e. The molecule has 1 N–H and O–H groups in total. The molecule has 9 heteroatoms. The maximum Gasteiger partial charge on any atom is 0.250 e. The summed E-state index contributed by atoms with van der Waals surface area (Å²) in [4.78, 5) is 29.6. The molecule has 0 saturated heterocycles. The van der Waals surface area contributed by atoms with E-state index in [1.54, 1.807) is 38.9 Å². The summed E-state index contributed by atoms with van der Waals surface area (Å²) >= 11 is 0. The molecular weight excluding hydrogens is 418 g/mol. The van der Waals surface area contributed by atoms with Crippen LogP contribution in [0.25, 0.3) is 33.4 Å². The maximum absolute atomic E-state index is 5.36. The molecule has 0 spiro atoms. The molecule has 0 radical (unpaired) electrons. The number of nitrogens with zero attached hydrogens (tertiary/aromatic N) is 6. The Kier molecular flexibility index (Phi) is 5.42. The van der Waals surface area contributed by atoms with Crippen molar-refractivity contribution in [1.29, 1.82) is 0 Å². The van der Waals surface area contributed by atoms with Crippen LogP contribution in [0, 0.1) is 0 Å². The Labute approximate surface area is 189 Å². The highest BCUT2D eigenvalue weighted by Gasteiger charge is 2.13. The second-order valence-electron chi connectivity index (χ2n) is 7.02. The van der Waals surface area contributed by atoms with E-state index in [-0.39, 0.29) is 5.95 Å². The van der Waals surface area contributed by atoms with Gasteiger partial charge in [0.1, 0.15) is 6.33 Å². The Balaban J connectivity index is 1.62. The number of methoxy groups -OCH3 is 2. The third-order valence-electron chi connectivity index (χ3n) is 5.02. The number of fused-ring (bicyclic) bond motifs is 1. The third-order valence-corrected chi connectivity index (χ3v) is 5.02. The molecule has 0 unspecified atom stereocenters. The van der Waals surface area contributed by atoms with Gasteiger partial charge in [0.25, 0.3) is 0 Å². The molecule has 5 aromatic rings. The number of aromatic nitrogens is 6. The lowest BCUT2D eigenvalue weighted by Gasteiger charge is -2.07. The van der Waals surface area contributed by atoms with Crippen molar-refractivity contribution < 1.29 is 9.47 Å². The van der Waals surface area contributed by atoms with Gasteiger partial charge < -0.3 is 14.5 Å². The number of aromatic amines is 1. The summed E-state index contributed by atoms with van der Waals surface area (Å²) < 4.78 is 10.5. The number of hydrogen-bond donors (Lipinski definition) is 1. The molecule has 0 aliphatic heterocycles. The van der Waals surface area contributed by atoms with E-state index in [1.165, 1.54) is 6.33 Å². The van der Waals surface area contributed by atoms with Gasteiger partial charge in [-0.25, -0.2) is 24.9 Å². The van der Waals surface area contributed by atoms with Gasteiger partial charge in [-0.2, -0.15) is 4.98 Å². The lowest BCUT2D eigenvalue weighted by molar-refractivity contribution is 0.364. The van der Waals surface area contributed by atoms with Crippen molar-refractivity contribution in [2.75, 3.05) is 14.2 Å². The summed E-state index contributed by atoms with van der Waals surface area (Å²) in [6.07, 6.45) is 8.44. The highest BCUT2D eigenvalue weighted by molar-refractivity contribution is 5.95. The second-order valence-corrected chi connectivity index (χ2v) is 7.02. The number of benzene rings is 1. The van der Waals surface area contributed by atoms with Crippen LogP contribution in [0.4, 0.5) is 5.95 Å². The highest BCUT2D eigenvalue weighted by atomic mass is 16.5. The Bertz CT molecular complexity index is 1450. The van der Waals surface area contributed by atoms with Gasteiger partial charge in [-0.15, -0.1) is 0 Å². The van der Waals surface area contributed by atoms with Crippen molar-refractivity contribution in [2.24, 2.45) is 4.99 Å². The van der Waals surface area contributed by atoms with Gasteiger partial charge in [-0.3, -0.25) is 0 Å². The molecule has 9 nitrogen and oxygen atoms in total. The number of pyridine rings is 1. The lowest BCUT2D eigenvalue weighted by Crippen LogP contribution is -1.97. The molecule has 0 atom stereocenters. The number of para-hydroxylation sites is 1. The van der Waals surface area contributed by atoms with E-state index >= 15 is 0 Å². The number of H-pyrrole nitrogens is 1. The van der Waals surface area contributed by atoms with Crippen LogP contribution in [0.3, 0.4) is 0 Å². The summed E-state index contributed by atoms with van der Waals surface area (Å²) in [5.41, 5.74) is 4.80. The van der Waals surface area contributed by atoms with Crippen molar-refractivity contribution in [3.63, 3.8) is 0 Å². The molecule has 0 aliphatic carbocycles. The summed E-state index contributed by atoms with van der Waals surface area (Å²) in [7, 11) is 3.09. The molecule has 0 saturated carbocycles. The molecule has 0 aliphatic rings. The number of aliphatic imine (C=N–C) groups is 1. The topological polar surface area (TPSA) is 111 Å². The van der Waals surface area contributed by atoms with Crippen LogP contribution in [0.2, 0.25) is 0 Å². The van der Waals surface area contributed by atoms with Gasteiger partial charge >= 0.3 is 0 Å². The third kappa shape index (κ3) is 4.11. The molecule has 4 aromatic heterocycles. The summed E-state index contributed by atoms with van der Waals surface area (Å²) in [6.45, 7) is 0. The average Bonchev–Trinajstić information content (AvgIpc) is 3.32. The minimum absolute atomic E-state index is 0.287. The largest absolute Gasteiger partial charge is 0.481 e. The van der Waals surface area contributed by atoms with Gasteiger partial charge in [-0.05, 0) is 18.2 Å². The number of hydrogen-bond acceptors (Lipinski definition) is 8. The zero-order valence-corrected chi connectivity index (χ0v) is 17.9. The zero-order valence-electron chi connectivity index (χ0n) is 17.9. The molecular formula is C24H19N7O2. The molecule has 33 heavy (non-hydrogen) atoms. The SMILES string of the molecule is COc1ccc(/C=N/c2nc(-c3cncnc3)cc(-c3c[nH]c4ccccc34)n2)c(OC)n1. The van der Waals surface area contributed by atoms with Crippen molar-refractivity contribution in [3.05, 3.63) is 72.9 Å². The van der Waals surface area contributed by atoms with Crippen LogP contribution >= 0.6 is 0 Å². The van der Waals surface area contributed by atoms with Gasteiger partial charge in [0.05, 0.1) is 31.2 Å². The van der Waals surface area contributed by atoms with E-state index in [2.05, 4.69) is 29.9 Å². The predicted octanol–water partition coefficient (Wildman–Crippen LogP) is 4.24. The fourth-order valence-electron chi connectivity index (χ4n) is 3.43. The molecule has 162 valence electrons. The number of ether oxygens (including phenoxy) is 2. The van der Waals surface area contributed by atoms with E-state index in [4.69, 9.17) is 14.5 Å². The van der Waals surface area contributed by atoms with Crippen LogP contribution in [0.15, 0.2) is 72.4 Å². The highest BCUT2D eigenvalue weighted by Crippen LogP contribution is 2.31. The summed E-state index contributed by atoms with van der Waals surface area (Å²) in [5.74, 6) is 1.13. The lowest BCUT2D eigenvalue weighted by atomic mass is 10.1. The van der Waals surface area contributed by atoms with E-state index in [1.807, 2.05) is 42.6 Å². The van der Waals surface area contributed by atoms with Crippen LogP contribution in [0.1, 0.15) is 5.56 Å². The Morgan fingerprint density at radius 2 is 1.73 bits per heavy atom. The average molecular weight is 437 g/mol. The Morgan fingerprint density at radius 1 is 0.909 bits per heavy atom. The summed E-state index contributed by atoms with van der Waals surface area (Å²) in [6, 6.07) is 13.5. The number of rotatable bonds is 6. The molecule has 4 heterocycles. The molecule has 0 bridgehead atoms. The molecule has 1 aromatic carbocycles. The van der Waals surface area contributed by atoms with Crippen LogP contribution in [-0.4, -0.2) is 50.3 Å². The monoisotopic (exact) mass is 437 g/mol. The smallest absolute Gasteiger partial charge is 0.250 e. The first kappa shape index (κ1) is 20.3. The molecule has 5 rings (SSSR count). The van der Waals surface area contributed by atoms with Crippen LogP contribution in [0.5, 0.6) is 11.8 Å². The minimum atomic E-state index is 0.287. The second kappa shape index (κ2) is 8.83. The van der Waals surface area contributed by atoms with Crippen molar-refractivity contribution in [2.45, 2.75) is 0 Å². The van der Waals surface area contributed by atoms with Crippen LogP contribution in [-0.2, 0) is 0 Å². The molecule has 0 fully saturated rings. The van der Waals surface area contributed by atoms with E-state index in [0.29, 0.717) is 23.0 Å². The first-order valence-corrected chi connectivity index (χ1v) is 10.1. The van der Waals surface area contributed by atoms with E-state index < -0.39 is 0 Å². The van der Waals surface area contributed by atoms with E-state index in [9.17, 15) is 0 Å². The Morgan fingerprint density at radius 3 is 2.55 bits per heavy atom. The van der Waals surface area contributed by atoms with Gasteiger partial charge in [0, 0.05) is 52.9 Å². The normalized spacial score (nSPS) is 11.2. The first-order chi connectivity index (χ1) is 16.2. The van der Waals surface area contributed by atoms with Crippen LogP contribution < -0.4 is 9.47 Å². The van der Waals surface area contributed by atoms with E-state index in [0.717, 1.165) is 27.7 Å². The predicted molar refractivity (Wildman–Crippen MR) is 125 cm³/mol. The fraction of sp³-hybridized carbons (Fsp3) is 0.0833. The van der Waals surface area contributed by atoms with Crippen molar-refractivity contribution >= 4 is 23.1 Å². The van der Waals surface area contributed by atoms with Gasteiger partial charge in [0.2, 0.25) is 17.7 Å². The quantitative estimate of drug-likeness (QED) is 0.395. The van der Waals surface area contributed by atoms with Crippen molar-refractivity contribution in [1.82, 2.24) is 29.9 Å².